The Morgan fingerprint density at radius 1 is 1.16 bits per heavy atom. The number of carbonyl (C=O) groups excluding carboxylic acids is 3. The van der Waals surface area contributed by atoms with E-state index < -0.39 is 23.9 Å². The number of carboxylic acid groups (broad SMARTS) is 1. The molecule has 0 aliphatic heterocycles. The van der Waals surface area contributed by atoms with Crippen LogP contribution in [0.3, 0.4) is 0 Å². The number of ether oxygens (including phenoxy) is 1. The molecule has 2 rings (SSSR count). The number of esters is 1. The van der Waals surface area contributed by atoms with E-state index in [9.17, 15) is 19.5 Å². The van der Waals surface area contributed by atoms with E-state index in [4.69, 9.17) is 27.9 Å². The number of hydrogen-bond acceptors (Lipinski definition) is 5. The number of halogens is 2. The third-order valence-electron chi connectivity index (χ3n) is 3.97. The summed E-state index contributed by atoms with van der Waals surface area (Å²) in [6.07, 6.45) is 1.92. The summed E-state index contributed by atoms with van der Waals surface area (Å²) in [4.78, 5) is 35.9. The maximum atomic E-state index is 12.6. The summed E-state index contributed by atoms with van der Waals surface area (Å²) in [6.45, 7) is 0. The van der Waals surface area contributed by atoms with Crippen LogP contribution in [-0.2, 0) is 19.1 Å². The van der Waals surface area contributed by atoms with Gasteiger partial charge < -0.3 is 20.0 Å². The van der Waals surface area contributed by atoms with Crippen LogP contribution in [0, 0.1) is 0 Å². The number of nitrogens with one attached hydrogen (secondary N) is 1. The van der Waals surface area contributed by atoms with Gasteiger partial charge in [-0.15, -0.1) is 0 Å². The number of carboxylic acids is 1. The molecule has 0 heterocycles. The van der Waals surface area contributed by atoms with Crippen LogP contribution in [0.2, 0.25) is 10.0 Å². The van der Waals surface area contributed by atoms with E-state index in [1.54, 1.807) is 0 Å². The molecule has 0 fully saturated rings. The molecule has 0 aromatic heterocycles. The summed E-state index contributed by atoms with van der Waals surface area (Å²) in [5.74, 6) is -2.76. The monoisotopic (exact) mass is 384 g/mol. The van der Waals surface area contributed by atoms with Crippen molar-refractivity contribution in [3.63, 3.8) is 0 Å². The van der Waals surface area contributed by atoms with Crippen molar-refractivity contribution in [3.05, 3.63) is 45.0 Å². The Labute approximate surface area is 154 Å². The zero-order valence-electron chi connectivity index (χ0n) is 13.4. The van der Waals surface area contributed by atoms with Crippen LogP contribution in [0.4, 0.5) is 0 Å². The van der Waals surface area contributed by atoms with Gasteiger partial charge in [-0.05, 0) is 43.4 Å². The van der Waals surface area contributed by atoms with Gasteiger partial charge in [0.25, 0.3) is 0 Å². The molecule has 0 spiro atoms. The van der Waals surface area contributed by atoms with Crippen LogP contribution >= 0.6 is 23.2 Å². The van der Waals surface area contributed by atoms with Crippen LogP contribution in [0.1, 0.15) is 37.3 Å². The molecule has 1 atom stereocenters. The predicted molar refractivity (Wildman–Crippen MR) is 89.9 cm³/mol. The maximum Gasteiger partial charge on any atom is 0.333 e. The molecule has 1 aliphatic rings. The van der Waals surface area contributed by atoms with Crippen molar-refractivity contribution in [1.29, 1.82) is 0 Å². The van der Waals surface area contributed by atoms with E-state index >= 15 is 0 Å². The van der Waals surface area contributed by atoms with Crippen molar-refractivity contribution in [2.75, 3.05) is 7.11 Å². The first-order valence-electron chi connectivity index (χ1n) is 7.62. The highest BCUT2D eigenvalue weighted by atomic mass is 35.5. The van der Waals surface area contributed by atoms with Crippen molar-refractivity contribution >= 4 is 41.0 Å². The van der Waals surface area contributed by atoms with Gasteiger partial charge in [-0.3, -0.25) is 4.79 Å². The molecule has 0 saturated carbocycles. The van der Waals surface area contributed by atoms with Gasteiger partial charge in [-0.2, -0.15) is 0 Å². The summed E-state index contributed by atoms with van der Waals surface area (Å²) >= 11 is 12.0. The first-order valence-corrected chi connectivity index (χ1v) is 8.37. The third-order valence-corrected chi connectivity index (χ3v) is 4.54. The largest absolute Gasteiger partial charge is 0.545 e. The second-order valence-electron chi connectivity index (χ2n) is 5.55. The molecule has 0 unspecified atom stereocenters. The first kappa shape index (κ1) is 19.3. The number of methoxy groups -OCH3 is 1. The lowest BCUT2D eigenvalue weighted by Gasteiger charge is -2.23. The number of amides is 1. The lowest BCUT2D eigenvalue weighted by molar-refractivity contribution is -0.299. The molecule has 1 amide bonds. The second-order valence-corrected chi connectivity index (χ2v) is 6.39. The normalized spacial score (nSPS) is 15.5. The Balaban J connectivity index is 2.35. The Morgan fingerprint density at radius 3 is 2.36 bits per heavy atom. The summed E-state index contributed by atoms with van der Waals surface area (Å²) < 4.78 is 4.72. The Bertz CT molecular complexity index is 745. The first-order chi connectivity index (χ1) is 11.8. The van der Waals surface area contributed by atoms with Gasteiger partial charge in [-0.25, -0.2) is 4.79 Å². The third kappa shape index (κ3) is 4.52. The van der Waals surface area contributed by atoms with Crippen LogP contribution in [0.25, 0.3) is 0 Å². The minimum Gasteiger partial charge on any atom is -0.545 e. The fourth-order valence-corrected chi connectivity index (χ4v) is 3.23. The summed E-state index contributed by atoms with van der Waals surface area (Å²) in [6, 6.07) is 3.28. The molecular weight excluding hydrogens is 369 g/mol. The molecule has 6 nitrogen and oxygen atoms in total. The van der Waals surface area contributed by atoms with Gasteiger partial charge in [0.15, 0.2) is 6.04 Å². The Kier molecular flexibility index (Phi) is 6.45. The summed E-state index contributed by atoms with van der Waals surface area (Å²) in [7, 11) is 1.18. The van der Waals surface area contributed by atoms with E-state index in [1.165, 1.54) is 25.3 Å². The van der Waals surface area contributed by atoms with E-state index in [0.29, 0.717) is 29.8 Å². The smallest absolute Gasteiger partial charge is 0.333 e. The van der Waals surface area contributed by atoms with Gasteiger partial charge in [-0.1, -0.05) is 29.3 Å². The average Bonchev–Trinajstić information content (AvgIpc) is 2.59. The molecule has 1 N–H and O–H groups in total. The molecular formula is C17H16Cl2NO5-. The molecule has 1 aromatic carbocycles. The topological polar surface area (TPSA) is 95.5 Å². The number of aliphatic carboxylic acids is 1. The lowest BCUT2D eigenvalue weighted by Crippen LogP contribution is -2.38. The van der Waals surface area contributed by atoms with Gasteiger partial charge in [0.1, 0.15) is 0 Å². The predicted octanol–water partition coefficient (Wildman–Crippen LogP) is 1.94. The van der Waals surface area contributed by atoms with Crippen molar-refractivity contribution in [1.82, 2.24) is 5.32 Å². The SMILES string of the molecule is COC(=O)[C@@H](NC(=O)C1=C(C(=O)[O-])CCCC1)c1ccc(Cl)cc1Cl. The fourth-order valence-electron chi connectivity index (χ4n) is 2.72. The quantitative estimate of drug-likeness (QED) is 0.782. The number of carbonyl (C=O) groups is 3. The molecule has 0 bridgehead atoms. The lowest BCUT2D eigenvalue weighted by atomic mass is 9.91. The van der Waals surface area contributed by atoms with E-state index in [2.05, 4.69) is 5.32 Å². The molecule has 0 saturated heterocycles. The molecule has 1 aromatic rings. The van der Waals surface area contributed by atoms with E-state index in [0.717, 1.165) is 0 Å². The average molecular weight is 385 g/mol. The molecule has 25 heavy (non-hydrogen) atoms. The van der Waals surface area contributed by atoms with Gasteiger partial charge in [0.05, 0.1) is 13.1 Å². The van der Waals surface area contributed by atoms with Gasteiger partial charge in [0, 0.05) is 21.2 Å². The highest BCUT2D eigenvalue weighted by Crippen LogP contribution is 2.29. The van der Waals surface area contributed by atoms with Crippen molar-refractivity contribution in [3.8, 4) is 0 Å². The number of benzene rings is 1. The standard InChI is InChI=1S/C17H17Cl2NO5/c1-25-17(24)14(12-7-6-9(18)8-13(12)19)20-15(21)10-4-2-3-5-11(10)16(22)23/h6-8,14H,2-5H2,1H3,(H,20,21)(H,22,23)/p-1/t14-/m0/s1. The van der Waals surface area contributed by atoms with Crippen LogP contribution < -0.4 is 10.4 Å². The van der Waals surface area contributed by atoms with Crippen molar-refractivity contribution in [2.45, 2.75) is 31.7 Å². The fraction of sp³-hybridized carbons (Fsp3) is 0.353. The molecule has 8 heteroatoms. The highest BCUT2D eigenvalue weighted by molar-refractivity contribution is 6.35. The van der Waals surface area contributed by atoms with Crippen molar-refractivity contribution in [2.24, 2.45) is 0 Å². The zero-order valence-corrected chi connectivity index (χ0v) is 14.9. The summed E-state index contributed by atoms with van der Waals surface area (Å²) in [5.41, 5.74) is 0.387. The summed E-state index contributed by atoms with van der Waals surface area (Å²) in [5, 5.41) is 14.3. The highest BCUT2D eigenvalue weighted by Gasteiger charge is 2.28. The molecule has 134 valence electrons. The van der Waals surface area contributed by atoms with Gasteiger partial charge >= 0.3 is 5.97 Å². The van der Waals surface area contributed by atoms with Gasteiger partial charge in [0.2, 0.25) is 5.91 Å². The maximum absolute atomic E-state index is 12.6. The minimum absolute atomic E-state index is 0.0328. The Hall–Kier alpha value is -2.05. The van der Waals surface area contributed by atoms with Crippen molar-refractivity contribution < 1.29 is 24.2 Å². The van der Waals surface area contributed by atoms with Crippen LogP contribution in [-0.4, -0.2) is 25.0 Å². The van der Waals surface area contributed by atoms with E-state index in [-0.39, 0.29) is 22.6 Å². The number of rotatable bonds is 5. The molecule has 0 radical (unpaired) electrons. The van der Waals surface area contributed by atoms with E-state index in [1.807, 2.05) is 0 Å². The van der Waals surface area contributed by atoms with Crippen LogP contribution in [0.15, 0.2) is 29.3 Å². The molecule has 1 aliphatic carbocycles. The number of hydrogen-bond donors (Lipinski definition) is 1. The minimum atomic E-state index is -1.37. The Morgan fingerprint density at radius 2 is 1.80 bits per heavy atom. The van der Waals surface area contributed by atoms with Crippen LogP contribution in [0.5, 0.6) is 0 Å². The second kappa shape index (κ2) is 8.36. The zero-order chi connectivity index (χ0) is 18.6.